The molecule has 2 aliphatic rings. The minimum Gasteiger partial charge on any atom is -0.385 e. The van der Waals surface area contributed by atoms with Crippen LogP contribution in [0.2, 0.25) is 0 Å². The highest BCUT2D eigenvalue weighted by atomic mass is 16.5. The van der Waals surface area contributed by atoms with Crippen LogP contribution in [-0.2, 0) is 9.47 Å². The minimum atomic E-state index is 0.266. The fraction of sp³-hybridized carbons (Fsp3) is 0.933. The number of methoxy groups -OCH3 is 1. The summed E-state index contributed by atoms with van der Waals surface area (Å²) < 4.78 is 10.5. The Bertz CT molecular complexity index is 336. The molecular weight excluding hydrogens is 254 g/mol. The van der Waals surface area contributed by atoms with Gasteiger partial charge in [0.15, 0.2) is 5.96 Å². The van der Waals surface area contributed by atoms with Crippen LogP contribution < -0.4 is 10.6 Å². The van der Waals surface area contributed by atoms with Crippen LogP contribution in [0.4, 0.5) is 0 Å². The van der Waals surface area contributed by atoms with Gasteiger partial charge in [-0.15, -0.1) is 0 Å². The molecule has 0 unspecified atom stereocenters. The normalized spacial score (nSPS) is 23.6. The highest BCUT2D eigenvalue weighted by molar-refractivity contribution is 5.79. The van der Waals surface area contributed by atoms with Crippen molar-refractivity contribution in [2.45, 2.75) is 32.6 Å². The van der Waals surface area contributed by atoms with Gasteiger partial charge in [0, 0.05) is 39.3 Å². The van der Waals surface area contributed by atoms with E-state index in [4.69, 9.17) is 9.47 Å². The van der Waals surface area contributed by atoms with Crippen molar-refractivity contribution in [2.75, 3.05) is 47.1 Å². The van der Waals surface area contributed by atoms with E-state index in [1.165, 1.54) is 19.3 Å². The maximum atomic E-state index is 5.27. The first kappa shape index (κ1) is 15.6. The number of nitrogens with one attached hydrogen (secondary N) is 2. The lowest BCUT2D eigenvalue weighted by Gasteiger charge is -2.43. The van der Waals surface area contributed by atoms with Gasteiger partial charge in [0.1, 0.15) is 0 Å². The van der Waals surface area contributed by atoms with Crippen LogP contribution in [0.25, 0.3) is 0 Å². The van der Waals surface area contributed by atoms with Crippen LogP contribution in [0.3, 0.4) is 0 Å². The zero-order valence-corrected chi connectivity index (χ0v) is 13.1. The second-order valence-corrected chi connectivity index (χ2v) is 6.68. The highest BCUT2D eigenvalue weighted by Gasteiger charge is 2.37. The molecule has 0 spiro atoms. The summed E-state index contributed by atoms with van der Waals surface area (Å²) in [5.74, 6) is 0.904. The third kappa shape index (κ3) is 3.85. The highest BCUT2D eigenvalue weighted by Crippen LogP contribution is 2.43. The van der Waals surface area contributed by atoms with Crippen LogP contribution in [0.15, 0.2) is 4.99 Å². The van der Waals surface area contributed by atoms with Crippen LogP contribution in [0.5, 0.6) is 0 Å². The molecule has 5 nitrogen and oxygen atoms in total. The monoisotopic (exact) mass is 283 g/mol. The summed E-state index contributed by atoms with van der Waals surface area (Å²) in [6, 6.07) is 0. The van der Waals surface area contributed by atoms with Gasteiger partial charge in [0.2, 0.25) is 0 Å². The third-order valence-electron chi connectivity index (χ3n) is 4.69. The second-order valence-electron chi connectivity index (χ2n) is 6.68. The average Bonchev–Trinajstić information content (AvgIpc) is 2.38. The zero-order valence-electron chi connectivity index (χ0n) is 13.1. The number of ether oxygens (including phenoxy) is 2. The molecule has 116 valence electrons. The molecule has 0 aromatic carbocycles. The van der Waals surface area contributed by atoms with E-state index in [0.29, 0.717) is 5.41 Å². The van der Waals surface area contributed by atoms with Crippen molar-refractivity contribution in [2.24, 2.45) is 15.8 Å². The molecule has 0 amide bonds. The van der Waals surface area contributed by atoms with Crippen LogP contribution in [-0.4, -0.2) is 53.0 Å². The molecule has 1 aliphatic heterocycles. The molecule has 0 atom stereocenters. The van der Waals surface area contributed by atoms with Crippen molar-refractivity contribution in [3.8, 4) is 0 Å². The van der Waals surface area contributed by atoms with E-state index >= 15 is 0 Å². The molecule has 1 heterocycles. The summed E-state index contributed by atoms with van der Waals surface area (Å²) in [6.45, 7) is 6.68. The smallest absolute Gasteiger partial charge is 0.191 e. The first-order valence-electron chi connectivity index (χ1n) is 7.63. The first-order chi connectivity index (χ1) is 9.61. The number of guanidine groups is 1. The third-order valence-corrected chi connectivity index (χ3v) is 4.69. The van der Waals surface area contributed by atoms with E-state index in [0.717, 1.165) is 45.3 Å². The Kier molecular flexibility index (Phi) is 5.27. The topological polar surface area (TPSA) is 54.9 Å². The SMILES string of the molecule is CN=C(NCC1(C)COC1)NCC1(CCOC)CCC1. The minimum absolute atomic E-state index is 0.266. The lowest BCUT2D eigenvalue weighted by molar-refractivity contribution is -0.0971. The molecule has 1 saturated carbocycles. The van der Waals surface area contributed by atoms with Gasteiger partial charge in [0.25, 0.3) is 0 Å². The van der Waals surface area contributed by atoms with E-state index in [2.05, 4.69) is 22.5 Å². The number of rotatable bonds is 7. The fourth-order valence-electron chi connectivity index (χ4n) is 2.85. The van der Waals surface area contributed by atoms with Crippen LogP contribution in [0, 0.1) is 10.8 Å². The first-order valence-corrected chi connectivity index (χ1v) is 7.63. The van der Waals surface area contributed by atoms with Gasteiger partial charge >= 0.3 is 0 Å². The van der Waals surface area contributed by atoms with E-state index in [-0.39, 0.29) is 5.41 Å². The Balaban J connectivity index is 1.72. The van der Waals surface area contributed by atoms with Crippen LogP contribution >= 0.6 is 0 Å². The van der Waals surface area contributed by atoms with Gasteiger partial charge in [-0.2, -0.15) is 0 Å². The molecule has 2 N–H and O–H groups in total. The van der Waals surface area contributed by atoms with Crippen molar-refractivity contribution < 1.29 is 9.47 Å². The largest absolute Gasteiger partial charge is 0.385 e. The molecule has 2 rings (SSSR count). The van der Waals surface area contributed by atoms with E-state index < -0.39 is 0 Å². The van der Waals surface area contributed by atoms with Gasteiger partial charge in [-0.1, -0.05) is 13.3 Å². The Hall–Kier alpha value is -0.810. The number of hydrogen-bond donors (Lipinski definition) is 2. The average molecular weight is 283 g/mol. The molecule has 0 aromatic rings. The van der Waals surface area contributed by atoms with Gasteiger partial charge < -0.3 is 20.1 Å². The molecule has 2 fully saturated rings. The lowest BCUT2D eigenvalue weighted by atomic mass is 9.67. The second kappa shape index (κ2) is 6.76. The van der Waals surface area contributed by atoms with Gasteiger partial charge in [-0.3, -0.25) is 4.99 Å². The maximum Gasteiger partial charge on any atom is 0.191 e. The summed E-state index contributed by atoms with van der Waals surface area (Å²) >= 11 is 0. The van der Waals surface area contributed by atoms with E-state index in [1.807, 2.05) is 7.05 Å². The zero-order chi connectivity index (χ0) is 14.5. The van der Waals surface area contributed by atoms with Crippen molar-refractivity contribution in [1.82, 2.24) is 10.6 Å². The quantitative estimate of drug-likeness (QED) is 0.548. The Labute approximate surface area is 122 Å². The lowest BCUT2D eigenvalue weighted by Crippen LogP contribution is -2.52. The van der Waals surface area contributed by atoms with Gasteiger partial charge in [-0.05, 0) is 24.7 Å². The van der Waals surface area contributed by atoms with Gasteiger partial charge in [-0.25, -0.2) is 0 Å². The van der Waals surface area contributed by atoms with E-state index in [1.54, 1.807) is 7.11 Å². The predicted molar refractivity (Wildman–Crippen MR) is 81.1 cm³/mol. The number of nitrogens with zero attached hydrogens (tertiary/aromatic N) is 1. The van der Waals surface area contributed by atoms with Crippen molar-refractivity contribution >= 4 is 5.96 Å². The maximum absolute atomic E-state index is 5.27. The van der Waals surface area contributed by atoms with Crippen molar-refractivity contribution in [1.29, 1.82) is 0 Å². The summed E-state index contributed by atoms with van der Waals surface area (Å²) in [7, 11) is 3.61. The summed E-state index contributed by atoms with van der Waals surface area (Å²) in [5, 5.41) is 6.90. The molecular formula is C15H29N3O2. The summed E-state index contributed by atoms with van der Waals surface area (Å²) in [5.41, 5.74) is 0.680. The predicted octanol–water partition coefficient (Wildman–Crippen LogP) is 1.39. The molecule has 20 heavy (non-hydrogen) atoms. The summed E-state index contributed by atoms with van der Waals surface area (Å²) in [4.78, 5) is 4.31. The van der Waals surface area contributed by atoms with Crippen molar-refractivity contribution in [3.63, 3.8) is 0 Å². The Morgan fingerprint density at radius 1 is 1.25 bits per heavy atom. The molecule has 5 heteroatoms. The Morgan fingerprint density at radius 3 is 2.40 bits per heavy atom. The summed E-state index contributed by atoms with van der Waals surface area (Å²) in [6.07, 6.45) is 5.07. The molecule has 0 radical (unpaired) electrons. The molecule has 0 aromatic heterocycles. The standard InChI is InChI=1S/C15H29N3O2/c1-14(11-20-12-14)9-17-13(16-2)18-10-15(5-4-6-15)7-8-19-3/h4-12H2,1-3H3,(H2,16,17,18). The molecule has 0 bridgehead atoms. The number of aliphatic imine (C=N–C) groups is 1. The molecule has 1 saturated heterocycles. The molecule has 1 aliphatic carbocycles. The van der Waals surface area contributed by atoms with Crippen molar-refractivity contribution in [3.05, 3.63) is 0 Å². The fourth-order valence-corrected chi connectivity index (χ4v) is 2.85. The Morgan fingerprint density at radius 2 is 1.95 bits per heavy atom. The van der Waals surface area contributed by atoms with Crippen LogP contribution in [0.1, 0.15) is 32.6 Å². The number of hydrogen-bond acceptors (Lipinski definition) is 3. The van der Waals surface area contributed by atoms with E-state index in [9.17, 15) is 0 Å². The van der Waals surface area contributed by atoms with Gasteiger partial charge in [0.05, 0.1) is 13.2 Å².